The molecular weight excluding hydrogens is 226 g/mol. The van der Waals surface area contributed by atoms with Crippen molar-refractivity contribution in [2.75, 3.05) is 6.54 Å². The first kappa shape index (κ1) is 11.3. The van der Waals surface area contributed by atoms with Crippen LogP contribution >= 0.6 is 0 Å². The van der Waals surface area contributed by atoms with E-state index in [-0.39, 0.29) is 6.04 Å². The Morgan fingerprint density at radius 2 is 2.33 bits per heavy atom. The van der Waals surface area contributed by atoms with Crippen LogP contribution in [-0.2, 0) is 13.0 Å². The number of nitrogens with zero attached hydrogens (tertiary/aromatic N) is 2. The Balaban J connectivity index is 2.08. The topological polar surface area (TPSA) is 50.1 Å². The van der Waals surface area contributed by atoms with E-state index in [9.17, 15) is 5.11 Å². The average molecular weight is 243 g/mol. The van der Waals surface area contributed by atoms with E-state index in [1.807, 2.05) is 29.1 Å². The number of rotatable bonds is 2. The van der Waals surface area contributed by atoms with Gasteiger partial charge in [-0.25, -0.2) is 0 Å². The summed E-state index contributed by atoms with van der Waals surface area (Å²) >= 11 is 0. The highest BCUT2D eigenvalue weighted by Gasteiger charge is 2.24. The number of nitrogens with one attached hydrogen (secondary N) is 1. The molecule has 0 aliphatic carbocycles. The minimum Gasteiger partial charge on any atom is -0.508 e. The molecule has 1 unspecified atom stereocenters. The first-order valence-corrected chi connectivity index (χ1v) is 6.36. The highest BCUT2D eigenvalue weighted by Crippen LogP contribution is 2.30. The molecule has 1 atom stereocenters. The lowest BCUT2D eigenvalue weighted by atomic mass is 9.92. The highest BCUT2D eigenvalue weighted by atomic mass is 16.3. The molecule has 0 bridgehead atoms. The second-order valence-electron chi connectivity index (χ2n) is 4.59. The van der Waals surface area contributed by atoms with Crippen molar-refractivity contribution in [3.05, 3.63) is 47.3 Å². The third kappa shape index (κ3) is 1.78. The number of hydrogen-bond donors (Lipinski definition) is 2. The number of aromatic hydroxyl groups is 1. The van der Waals surface area contributed by atoms with E-state index in [1.165, 1.54) is 5.56 Å². The van der Waals surface area contributed by atoms with Crippen molar-refractivity contribution in [3.8, 4) is 5.75 Å². The van der Waals surface area contributed by atoms with Crippen molar-refractivity contribution >= 4 is 0 Å². The van der Waals surface area contributed by atoms with Crippen LogP contribution in [0.25, 0.3) is 0 Å². The van der Waals surface area contributed by atoms with Crippen LogP contribution in [0.4, 0.5) is 0 Å². The van der Waals surface area contributed by atoms with Crippen molar-refractivity contribution in [3.63, 3.8) is 0 Å². The fourth-order valence-electron chi connectivity index (χ4n) is 2.66. The molecule has 4 heteroatoms. The summed E-state index contributed by atoms with van der Waals surface area (Å²) < 4.78 is 2.00. The van der Waals surface area contributed by atoms with Gasteiger partial charge in [0.2, 0.25) is 0 Å². The van der Waals surface area contributed by atoms with E-state index < -0.39 is 0 Å². The molecule has 0 radical (unpaired) electrons. The summed E-state index contributed by atoms with van der Waals surface area (Å²) in [6, 6.07) is 7.81. The standard InChI is InChI=1S/C14H17N3O/c1-2-17-13(6-8-16-17)14-12-9-11(18)4-3-10(12)5-7-15-14/h3-4,6,8-9,14-15,18H,2,5,7H2,1H3. The Hall–Kier alpha value is -1.81. The van der Waals surface area contributed by atoms with Gasteiger partial charge < -0.3 is 10.4 Å². The third-order valence-electron chi connectivity index (χ3n) is 3.53. The molecule has 4 nitrogen and oxygen atoms in total. The number of fused-ring (bicyclic) bond motifs is 1. The first-order valence-electron chi connectivity index (χ1n) is 6.36. The largest absolute Gasteiger partial charge is 0.508 e. The summed E-state index contributed by atoms with van der Waals surface area (Å²) in [5.74, 6) is 0.324. The van der Waals surface area contributed by atoms with Crippen molar-refractivity contribution in [1.29, 1.82) is 0 Å². The monoisotopic (exact) mass is 243 g/mol. The van der Waals surface area contributed by atoms with Crippen molar-refractivity contribution in [2.45, 2.75) is 25.9 Å². The maximum absolute atomic E-state index is 9.68. The van der Waals surface area contributed by atoms with Crippen LogP contribution in [0, 0.1) is 0 Å². The molecule has 0 saturated carbocycles. The van der Waals surface area contributed by atoms with Crippen LogP contribution in [0.5, 0.6) is 5.75 Å². The van der Waals surface area contributed by atoms with Crippen LogP contribution in [0.2, 0.25) is 0 Å². The number of phenolic OH excluding ortho intramolecular Hbond substituents is 1. The maximum atomic E-state index is 9.68. The number of benzene rings is 1. The normalized spacial score (nSPS) is 18.6. The highest BCUT2D eigenvalue weighted by molar-refractivity contribution is 5.42. The molecule has 1 aliphatic heterocycles. The zero-order valence-corrected chi connectivity index (χ0v) is 10.4. The van der Waals surface area contributed by atoms with Gasteiger partial charge in [-0.3, -0.25) is 4.68 Å². The number of aryl methyl sites for hydroxylation is 1. The molecule has 94 valence electrons. The molecular formula is C14H17N3O. The zero-order chi connectivity index (χ0) is 12.5. The van der Waals surface area contributed by atoms with Crippen molar-refractivity contribution in [2.24, 2.45) is 0 Å². The van der Waals surface area contributed by atoms with E-state index in [0.29, 0.717) is 5.75 Å². The first-order chi connectivity index (χ1) is 8.79. The summed E-state index contributed by atoms with van der Waals surface area (Å²) in [6.07, 6.45) is 2.84. The van der Waals surface area contributed by atoms with E-state index in [4.69, 9.17) is 0 Å². The molecule has 0 fully saturated rings. The van der Waals surface area contributed by atoms with Gasteiger partial charge in [0, 0.05) is 19.3 Å². The molecule has 18 heavy (non-hydrogen) atoms. The fourth-order valence-corrected chi connectivity index (χ4v) is 2.66. The van der Waals surface area contributed by atoms with Crippen LogP contribution in [0.15, 0.2) is 30.5 Å². The van der Waals surface area contributed by atoms with Gasteiger partial charge in [0.05, 0.1) is 11.7 Å². The van der Waals surface area contributed by atoms with E-state index in [0.717, 1.165) is 30.8 Å². The van der Waals surface area contributed by atoms with Gasteiger partial charge in [-0.2, -0.15) is 5.10 Å². The lowest BCUT2D eigenvalue weighted by Gasteiger charge is -2.27. The van der Waals surface area contributed by atoms with Gasteiger partial charge >= 0.3 is 0 Å². The Morgan fingerprint density at radius 3 is 3.17 bits per heavy atom. The van der Waals surface area contributed by atoms with Gasteiger partial charge in [0.15, 0.2) is 0 Å². The minimum atomic E-state index is 0.128. The molecule has 1 aliphatic rings. The zero-order valence-electron chi connectivity index (χ0n) is 10.4. The second kappa shape index (κ2) is 4.46. The number of phenols is 1. The maximum Gasteiger partial charge on any atom is 0.115 e. The molecule has 1 aromatic carbocycles. The number of hydrogen-bond acceptors (Lipinski definition) is 3. The quantitative estimate of drug-likeness (QED) is 0.846. The van der Waals surface area contributed by atoms with Gasteiger partial charge in [-0.1, -0.05) is 6.07 Å². The Kier molecular flexibility index (Phi) is 2.80. The van der Waals surface area contributed by atoms with Crippen LogP contribution in [0.1, 0.15) is 29.8 Å². The molecule has 3 rings (SSSR count). The van der Waals surface area contributed by atoms with Gasteiger partial charge in [-0.15, -0.1) is 0 Å². The van der Waals surface area contributed by atoms with Crippen LogP contribution < -0.4 is 5.32 Å². The second-order valence-corrected chi connectivity index (χ2v) is 4.59. The van der Waals surface area contributed by atoms with Gasteiger partial charge in [0.1, 0.15) is 5.75 Å². The van der Waals surface area contributed by atoms with E-state index in [1.54, 1.807) is 6.07 Å². The summed E-state index contributed by atoms with van der Waals surface area (Å²) in [4.78, 5) is 0. The van der Waals surface area contributed by atoms with E-state index in [2.05, 4.69) is 17.3 Å². The number of aromatic nitrogens is 2. The third-order valence-corrected chi connectivity index (χ3v) is 3.53. The Morgan fingerprint density at radius 1 is 1.44 bits per heavy atom. The fraction of sp³-hybridized carbons (Fsp3) is 0.357. The van der Waals surface area contributed by atoms with Crippen molar-refractivity contribution in [1.82, 2.24) is 15.1 Å². The van der Waals surface area contributed by atoms with E-state index >= 15 is 0 Å². The lowest BCUT2D eigenvalue weighted by Crippen LogP contribution is -2.32. The predicted octanol–water partition coefficient (Wildman–Crippen LogP) is 1.84. The van der Waals surface area contributed by atoms with Gasteiger partial charge in [-0.05, 0) is 42.7 Å². The summed E-state index contributed by atoms with van der Waals surface area (Å²) in [7, 11) is 0. The van der Waals surface area contributed by atoms with Crippen molar-refractivity contribution < 1.29 is 5.11 Å². The molecule has 2 aromatic rings. The molecule has 0 spiro atoms. The molecule has 1 aromatic heterocycles. The lowest BCUT2D eigenvalue weighted by molar-refractivity contribution is 0.467. The summed E-state index contributed by atoms with van der Waals surface area (Å²) in [5, 5.41) is 17.5. The summed E-state index contributed by atoms with van der Waals surface area (Å²) in [6.45, 7) is 3.90. The molecule has 2 heterocycles. The predicted molar refractivity (Wildman–Crippen MR) is 69.6 cm³/mol. The van der Waals surface area contributed by atoms with Gasteiger partial charge in [0.25, 0.3) is 0 Å². The molecule has 0 amide bonds. The smallest absolute Gasteiger partial charge is 0.115 e. The molecule has 2 N–H and O–H groups in total. The average Bonchev–Trinajstić information content (AvgIpc) is 2.86. The molecule has 0 saturated heterocycles. The Bertz CT molecular complexity index is 562. The summed E-state index contributed by atoms with van der Waals surface area (Å²) in [5.41, 5.74) is 3.63. The van der Waals surface area contributed by atoms with Crippen LogP contribution in [-0.4, -0.2) is 21.4 Å². The SMILES string of the molecule is CCn1nccc1C1NCCc2ccc(O)cc21. The Labute approximate surface area is 106 Å². The van der Waals surface area contributed by atoms with Crippen LogP contribution in [0.3, 0.4) is 0 Å². The minimum absolute atomic E-state index is 0.128.